The van der Waals surface area contributed by atoms with Crippen molar-refractivity contribution in [1.82, 2.24) is 10.3 Å². The number of nitrogens with one attached hydrogen (secondary N) is 2. The molecule has 2 aromatic rings. The summed E-state index contributed by atoms with van der Waals surface area (Å²) < 4.78 is 6.01. The van der Waals surface area contributed by atoms with Gasteiger partial charge in [-0.25, -0.2) is 9.78 Å². The predicted octanol–water partition coefficient (Wildman–Crippen LogP) is 3.85. The van der Waals surface area contributed by atoms with Gasteiger partial charge in [0.05, 0.1) is 0 Å². The molecule has 1 aliphatic heterocycles. The predicted molar refractivity (Wildman–Crippen MR) is 111 cm³/mol. The van der Waals surface area contributed by atoms with E-state index < -0.39 is 0 Å². The molecule has 1 aliphatic carbocycles. The summed E-state index contributed by atoms with van der Waals surface area (Å²) in [6.07, 6.45) is 7.92. The first kappa shape index (κ1) is 19.2. The standard InChI is InChI=1S/C22H26N4O3/c27-20-8-4-14-26(20)18-11-9-17(10-12-18)25-22(28)24-15-16-5-3-13-23-21(16)29-19-6-1-2-7-19/h3,5,9-13,19H,1-2,4,6-8,14-15H2,(H2,24,25,28). The van der Waals surface area contributed by atoms with Gasteiger partial charge in [-0.05, 0) is 62.4 Å². The van der Waals surface area contributed by atoms with Crippen molar-refractivity contribution in [3.63, 3.8) is 0 Å². The van der Waals surface area contributed by atoms with Crippen LogP contribution >= 0.6 is 0 Å². The first-order valence-electron chi connectivity index (χ1n) is 10.2. The summed E-state index contributed by atoms with van der Waals surface area (Å²) in [7, 11) is 0. The monoisotopic (exact) mass is 394 g/mol. The number of amides is 3. The van der Waals surface area contributed by atoms with Gasteiger partial charge in [0.1, 0.15) is 6.10 Å². The molecule has 3 amide bonds. The van der Waals surface area contributed by atoms with E-state index in [0.29, 0.717) is 24.5 Å². The molecule has 152 valence electrons. The fourth-order valence-electron chi connectivity index (χ4n) is 3.83. The van der Waals surface area contributed by atoms with Crippen LogP contribution in [0.3, 0.4) is 0 Å². The highest BCUT2D eigenvalue weighted by atomic mass is 16.5. The highest BCUT2D eigenvalue weighted by Gasteiger charge is 2.21. The summed E-state index contributed by atoms with van der Waals surface area (Å²) >= 11 is 0. The summed E-state index contributed by atoms with van der Waals surface area (Å²) in [6, 6.07) is 10.8. The Labute approximate surface area is 170 Å². The summed E-state index contributed by atoms with van der Waals surface area (Å²) in [5, 5.41) is 5.67. The highest BCUT2D eigenvalue weighted by molar-refractivity contribution is 5.96. The van der Waals surface area contributed by atoms with Crippen LogP contribution in [0.4, 0.5) is 16.2 Å². The van der Waals surface area contributed by atoms with E-state index in [9.17, 15) is 9.59 Å². The molecule has 2 aliphatic rings. The van der Waals surface area contributed by atoms with Gasteiger partial charge >= 0.3 is 6.03 Å². The number of nitrogens with zero attached hydrogens (tertiary/aromatic N) is 2. The smallest absolute Gasteiger partial charge is 0.319 e. The lowest BCUT2D eigenvalue weighted by Gasteiger charge is -2.17. The molecule has 0 unspecified atom stereocenters. The minimum Gasteiger partial charge on any atom is -0.474 e. The van der Waals surface area contributed by atoms with Crippen LogP contribution in [-0.2, 0) is 11.3 Å². The van der Waals surface area contributed by atoms with Crippen molar-refractivity contribution in [2.45, 2.75) is 51.2 Å². The van der Waals surface area contributed by atoms with Crippen LogP contribution in [0, 0.1) is 0 Å². The van der Waals surface area contributed by atoms with E-state index in [2.05, 4.69) is 15.6 Å². The van der Waals surface area contributed by atoms with E-state index in [1.54, 1.807) is 23.2 Å². The fourth-order valence-corrected chi connectivity index (χ4v) is 3.83. The first-order chi connectivity index (χ1) is 14.2. The molecule has 0 spiro atoms. The number of carbonyl (C=O) groups is 2. The molecular weight excluding hydrogens is 368 g/mol. The number of anilines is 2. The Morgan fingerprint density at radius 3 is 2.66 bits per heavy atom. The van der Waals surface area contributed by atoms with Crippen LogP contribution in [0.15, 0.2) is 42.6 Å². The van der Waals surface area contributed by atoms with Crippen molar-refractivity contribution in [3.8, 4) is 5.88 Å². The van der Waals surface area contributed by atoms with E-state index in [-0.39, 0.29) is 18.0 Å². The second kappa shape index (κ2) is 8.94. The molecule has 1 saturated heterocycles. The molecule has 1 aromatic heterocycles. The van der Waals surface area contributed by atoms with Crippen molar-refractivity contribution in [3.05, 3.63) is 48.2 Å². The molecular formula is C22H26N4O3. The zero-order valence-electron chi connectivity index (χ0n) is 16.4. The third-order valence-electron chi connectivity index (χ3n) is 5.38. The average Bonchev–Trinajstić information content (AvgIpc) is 3.40. The maximum absolute atomic E-state index is 12.3. The molecule has 2 heterocycles. The number of ether oxygens (including phenoxy) is 1. The van der Waals surface area contributed by atoms with Gasteiger partial charge in [0.25, 0.3) is 0 Å². The Kier molecular flexibility index (Phi) is 5.93. The molecule has 0 atom stereocenters. The van der Waals surface area contributed by atoms with Gasteiger partial charge in [-0.15, -0.1) is 0 Å². The Morgan fingerprint density at radius 2 is 1.93 bits per heavy atom. The van der Waals surface area contributed by atoms with Crippen LogP contribution in [0.5, 0.6) is 5.88 Å². The van der Waals surface area contributed by atoms with Crippen LogP contribution in [0.1, 0.15) is 44.1 Å². The number of hydrogen-bond donors (Lipinski definition) is 2. The maximum atomic E-state index is 12.3. The summed E-state index contributed by atoms with van der Waals surface area (Å²) in [6.45, 7) is 1.09. The van der Waals surface area contributed by atoms with E-state index in [1.807, 2.05) is 24.3 Å². The summed E-state index contributed by atoms with van der Waals surface area (Å²) in [4.78, 5) is 30.2. The van der Waals surface area contributed by atoms with Crippen LogP contribution in [-0.4, -0.2) is 29.6 Å². The largest absolute Gasteiger partial charge is 0.474 e. The van der Waals surface area contributed by atoms with Gasteiger partial charge in [-0.1, -0.05) is 6.07 Å². The van der Waals surface area contributed by atoms with Gasteiger partial charge in [0.15, 0.2) is 0 Å². The van der Waals surface area contributed by atoms with Crippen LogP contribution < -0.4 is 20.3 Å². The minimum atomic E-state index is -0.300. The second-order valence-corrected chi connectivity index (χ2v) is 7.50. The number of rotatable bonds is 6. The van der Waals surface area contributed by atoms with Crippen LogP contribution in [0.2, 0.25) is 0 Å². The van der Waals surface area contributed by atoms with E-state index in [0.717, 1.165) is 37.1 Å². The summed E-state index contributed by atoms with van der Waals surface area (Å²) in [5.74, 6) is 0.745. The Hall–Kier alpha value is -3.09. The number of hydrogen-bond acceptors (Lipinski definition) is 4. The van der Waals surface area contributed by atoms with Crippen molar-refractivity contribution in [1.29, 1.82) is 0 Å². The lowest BCUT2D eigenvalue weighted by atomic mass is 10.2. The van der Waals surface area contributed by atoms with Gasteiger partial charge in [-0.2, -0.15) is 0 Å². The van der Waals surface area contributed by atoms with Gasteiger partial charge < -0.3 is 20.3 Å². The number of urea groups is 1. The topological polar surface area (TPSA) is 83.6 Å². The molecule has 1 saturated carbocycles. The first-order valence-corrected chi connectivity index (χ1v) is 10.2. The Morgan fingerprint density at radius 1 is 1.14 bits per heavy atom. The van der Waals surface area contributed by atoms with Crippen molar-refractivity contribution in [2.24, 2.45) is 0 Å². The number of carbonyl (C=O) groups excluding carboxylic acids is 2. The Bertz CT molecular complexity index is 863. The number of benzene rings is 1. The quantitative estimate of drug-likeness (QED) is 0.779. The van der Waals surface area contributed by atoms with Crippen LogP contribution in [0.25, 0.3) is 0 Å². The van der Waals surface area contributed by atoms with Gasteiger partial charge in [-0.3, -0.25) is 4.79 Å². The molecule has 0 radical (unpaired) electrons. The second-order valence-electron chi connectivity index (χ2n) is 7.50. The molecule has 2 N–H and O–H groups in total. The van der Waals surface area contributed by atoms with Gasteiger partial charge in [0, 0.05) is 42.6 Å². The van der Waals surface area contributed by atoms with E-state index >= 15 is 0 Å². The highest BCUT2D eigenvalue weighted by Crippen LogP contribution is 2.25. The zero-order chi connectivity index (χ0) is 20.1. The lowest BCUT2D eigenvalue weighted by molar-refractivity contribution is -0.117. The number of pyridine rings is 1. The molecule has 29 heavy (non-hydrogen) atoms. The molecule has 1 aromatic carbocycles. The third kappa shape index (κ3) is 4.85. The average molecular weight is 394 g/mol. The van der Waals surface area contributed by atoms with Crippen molar-refractivity contribution in [2.75, 3.05) is 16.8 Å². The zero-order valence-corrected chi connectivity index (χ0v) is 16.4. The van der Waals surface area contributed by atoms with E-state index in [4.69, 9.17) is 4.74 Å². The molecule has 2 fully saturated rings. The maximum Gasteiger partial charge on any atom is 0.319 e. The van der Waals surface area contributed by atoms with Gasteiger partial charge in [0.2, 0.25) is 11.8 Å². The van der Waals surface area contributed by atoms with Crippen molar-refractivity contribution < 1.29 is 14.3 Å². The Balaban J connectivity index is 1.30. The molecule has 7 nitrogen and oxygen atoms in total. The lowest BCUT2D eigenvalue weighted by Crippen LogP contribution is -2.28. The fraction of sp³-hybridized carbons (Fsp3) is 0.409. The minimum absolute atomic E-state index is 0.149. The van der Waals surface area contributed by atoms with Crippen molar-refractivity contribution >= 4 is 23.3 Å². The normalized spacial score (nSPS) is 16.8. The molecule has 7 heteroatoms. The summed E-state index contributed by atoms with van der Waals surface area (Å²) in [5.41, 5.74) is 2.39. The van der Waals surface area contributed by atoms with E-state index in [1.165, 1.54) is 12.8 Å². The molecule has 4 rings (SSSR count). The third-order valence-corrected chi connectivity index (χ3v) is 5.38. The SMILES string of the molecule is O=C(NCc1cccnc1OC1CCCC1)Nc1ccc(N2CCCC2=O)cc1. The number of aromatic nitrogens is 1. The molecule has 0 bridgehead atoms.